The fourth-order valence-electron chi connectivity index (χ4n) is 5.46. The van der Waals surface area contributed by atoms with E-state index in [0.29, 0.717) is 34.4 Å². The highest BCUT2D eigenvalue weighted by molar-refractivity contribution is 7.99. The number of nitrogens with zero attached hydrogens (tertiary/aromatic N) is 3. The topological polar surface area (TPSA) is 76.6 Å². The first-order valence-corrected chi connectivity index (χ1v) is 14.8. The number of hydrogen-bond acceptors (Lipinski definition) is 7. The third-order valence-electron chi connectivity index (χ3n) is 7.82. The third-order valence-corrected chi connectivity index (χ3v) is 8.94. The molecule has 1 N–H and O–H groups in total. The van der Waals surface area contributed by atoms with E-state index in [-0.39, 0.29) is 24.4 Å². The number of amides is 1. The molecule has 1 aliphatic carbocycles. The Morgan fingerprint density at radius 3 is 2.30 bits per heavy atom. The molecule has 2 fully saturated rings. The summed E-state index contributed by atoms with van der Waals surface area (Å²) in [4.78, 5) is 24.2. The maximum Gasteiger partial charge on any atom is 0.230 e. The minimum atomic E-state index is 0. The summed E-state index contributed by atoms with van der Waals surface area (Å²) in [6, 6.07) is 14.6. The maximum absolute atomic E-state index is 12.7. The Morgan fingerprint density at radius 2 is 1.68 bits per heavy atom. The van der Waals surface area contributed by atoms with Crippen LogP contribution in [0.1, 0.15) is 31.2 Å². The summed E-state index contributed by atoms with van der Waals surface area (Å²) in [5.41, 5.74) is 3.18. The number of hydrogen-bond donors (Lipinski definition) is 1. The van der Waals surface area contributed by atoms with Gasteiger partial charge < -0.3 is 14.8 Å². The normalized spacial score (nSPS) is 19.3. The molecule has 1 saturated carbocycles. The number of piperidine rings is 1. The number of aromatic nitrogens is 2. The minimum absolute atomic E-state index is 0. The maximum atomic E-state index is 12.7. The van der Waals surface area contributed by atoms with Gasteiger partial charge in [-0.05, 0) is 86.5 Å². The quantitative estimate of drug-likeness (QED) is 0.228. The predicted molar refractivity (Wildman–Crippen MR) is 163 cm³/mol. The molecule has 1 aliphatic heterocycles. The molecule has 5 rings (SSSR count). The van der Waals surface area contributed by atoms with E-state index in [0.717, 1.165) is 48.5 Å². The number of benzene rings is 2. The first-order chi connectivity index (χ1) is 19.0. The molecule has 1 aromatic heterocycles. The van der Waals surface area contributed by atoms with Gasteiger partial charge in [-0.3, -0.25) is 9.69 Å². The molecule has 0 unspecified atom stereocenters. The van der Waals surface area contributed by atoms with Crippen LogP contribution in [0.5, 0.6) is 11.5 Å². The Hall–Kier alpha value is -2.52. The molecule has 2 atom stereocenters. The van der Waals surface area contributed by atoms with Gasteiger partial charge in [-0.2, -0.15) is 0 Å². The summed E-state index contributed by atoms with van der Waals surface area (Å²) in [5.74, 6) is 2.39. The minimum Gasteiger partial charge on any atom is -0.493 e. The number of likely N-dealkylation sites (tertiary alicyclic amines) is 1. The molecule has 214 valence electrons. The van der Waals surface area contributed by atoms with Crippen molar-refractivity contribution in [2.45, 2.75) is 49.3 Å². The lowest BCUT2D eigenvalue weighted by molar-refractivity contribution is -0.120. The van der Waals surface area contributed by atoms with Crippen LogP contribution in [-0.2, 0) is 11.2 Å². The lowest BCUT2D eigenvalue weighted by Gasteiger charge is -2.47. The van der Waals surface area contributed by atoms with Crippen LogP contribution in [0.4, 0.5) is 0 Å². The van der Waals surface area contributed by atoms with E-state index < -0.39 is 0 Å². The highest BCUT2D eigenvalue weighted by atomic mass is 35.5. The fourth-order valence-corrected chi connectivity index (χ4v) is 6.19. The molecular weight excluding hydrogens is 567 g/mol. The van der Waals surface area contributed by atoms with Gasteiger partial charge in [-0.1, -0.05) is 41.6 Å². The molecule has 7 nitrogen and oxygen atoms in total. The van der Waals surface area contributed by atoms with Crippen LogP contribution < -0.4 is 14.8 Å². The van der Waals surface area contributed by atoms with E-state index >= 15 is 0 Å². The average molecular weight is 604 g/mol. The van der Waals surface area contributed by atoms with Gasteiger partial charge in [0, 0.05) is 35.1 Å². The monoisotopic (exact) mass is 602 g/mol. The summed E-state index contributed by atoms with van der Waals surface area (Å²) in [6.07, 6.45) is 9.26. The van der Waals surface area contributed by atoms with Gasteiger partial charge >= 0.3 is 0 Å². The van der Waals surface area contributed by atoms with Gasteiger partial charge in [0.2, 0.25) is 5.91 Å². The molecule has 10 heteroatoms. The van der Waals surface area contributed by atoms with E-state index in [1.54, 1.807) is 26.6 Å². The lowest BCUT2D eigenvalue weighted by Crippen LogP contribution is -2.59. The standard InChI is InChI=1S/C30H35ClN4O3S.ClH/c1-37-27-10-5-22(16-28(27)38-2)23-17-32-30(33-18-23)39-19-29(36)34-25-8-9-26(25)35-13-11-21(12-14-35)15-20-3-6-24(31)7-4-20;/h3-7,10,16-18,21,25-26H,8-9,11-15,19H2,1-2H3,(H,34,36);1H/t25-,26-;/m1./s1. The second kappa shape index (κ2) is 14.4. The van der Waals surface area contributed by atoms with Crippen LogP contribution in [0, 0.1) is 5.92 Å². The van der Waals surface area contributed by atoms with Crippen LogP contribution >= 0.6 is 35.8 Å². The zero-order valence-electron chi connectivity index (χ0n) is 22.8. The average Bonchev–Trinajstić information content (AvgIpc) is 2.96. The molecule has 3 aromatic rings. The molecule has 0 radical (unpaired) electrons. The van der Waals surface area contributed by atoms with Crippen molar-refractivity contribution >= 4 is 41.7 Å². The highest BCUT2D eigenvalue weighted by Crippen LogP contribution is 2.33. The molecule has 0 spiro atoms. The van der Waals surface area contributed by atoms with Gasteiger partial charge in [0.15, 0.2) is 16.7 Å². The second-order valence-corrected chi connectivity index (χ2v) is 11.6. The Balaban J connectivity index is 0.00000370. The van der Waals surface area contributed by atoms with Crippen LogP contribution in [-0.4, -0.2) is 65.9 Å². The Morgan fingerprint density at radius 1 is 0.975 bits per heavy atom. The molecule has 1 amide bonds. The molecule has 0 bridgehead atoms. The lowest BCUT2D eigenvalue weighted by atomic mass is 9.82. The van der Waals surface area contributed by atoms with Crippen LogP contribution in [0.25, 0.3) is 11.1 Å². The highest BCUT2D eigenvalue weighted by Gasteiger charge is 2.37. The number of ether oxygens (including phenoxy) is 2. The van der Waals surface area contributed by atoms with Crippen molar-refractivity contribution in [3.8, 4) is 22.6 Å². The van der Waals surface area contributed by atoms with E-state index in [1.807, 2.05) is 30.3 Å². The Bertz CT molecular complexity index is 1250. The zero-order valence-corrected chi connectivity index (χ0v) is 25.2. The van der Waals surface area contributed by atoms with Gasteiger partial charge in [0.05, 0.1) is 20.0 Å². The predicted octanol–water partition coefficient (Wildman–Crippen LogP) is 5.93. The number of methoxy groups -OCH3 is 2. The molecule has 2 aliphatic rings. The van der Waals surface area contributed by atoms with Crippen molar-refractivity contribution in [3.05, 3.63) is 65.4 Å². The van der Waals surface area contributed by atoms with Crippen molar-refractivity contribution in [3.63, 3.8) is 0 Å². The number of carbonyl (C=O) groups excluding carboxylic acids is 1. The number of nitrogens with one attached hydrogen (secondary N) is 1. The van der Waals surface area contributed by atoms with Crippen molar-refractivity contribution < 1.29 is 14.3 Å². The van der Waals surface area contributed by atoms with Crippen LogP contribution in [0.3, 0.4) is 0 Å². The number of carbonyl (C=O) groups is 1. The van der Waals surface area contributed by atoms with Gasteiger partial charge in [0.25, 0.3) is 0 Å². The van der Waals surface area contributed by atoms with Crippen molar-refractivity contribution in [2.75, 3.05) is 33.1 Å². The van der Waals surface area contributed by atoms with E-state index in [9.17, 15) is 4.79 Å². The van der Waals surface area contributed by atoms with E-state index in [4.69, 9.17) is 21.1 Å². The van der Waals surface area contributed by atoms with Gasteiger partial charge in [-0.15, -0.1) is 12.4 Å². The molecular formula is C30H36Cl2N4O3S. The zero-order chi connectivity index (χ0) is 27.2. The molecule has 2 heterocycles. The summed E-state index contributed by atoms with van der Waals surface area (Å²) < 4.78 is 10.7. The summed E-state index contributed by atoms with van der Waals surface area (Å²) in [7, 11) is 3.22. The van der Waals surface area contributed by atoms with Crippen LogP contribution in [0.2, 0.25) is 5.02 Å². The van der Waals surface area contributed by atoms with Crippen molar-refractivity contribution in [2.24, 2.45) is 5.92 Å². The van der Waals surface area contributed by atoms with E-state index in [1.165, 1.54) is 30.2 Å². The number of halogens is 2. The smallest absolute Gasteiger partial charge is 0.230 e. The number of thioether (sulfide) groups is 1. The summed E-state index contributed by atoms with van der Waals surface area (Å²) >= 11 is 7.38. The number of rotatable bonds is 10. The van der Waals surface area contributed by atoms with Gasteiger partial charge in [0.1, 0.15) is 0 Å². The molecule has 1 saturated heterocycles. The largest absolute Gasteiger partial charge is 0.493 e. The molecule has 40 heavy (non-hydrogen) atoms. The van der Waals surface area contributed by atoms with Crippen molar-refractivity contribution in [1.82, 2.24) is 20.2 Å². The first-order valence-electron chi connectivity index (χ1n) is 13.5. The third kappa shape index (κ3) is 7.60. The first kappa shape index (κ1) is 30.4. The van der Waals surface area contributed by atoms with Crippen molar-refractivity contribution in [1.29, 1.82) is 0 Å². The SMILES string of the molecule is COc1ccc(-c2cnc(SCC(=O)N[C@@H]3CC[C@H]3N3CCC(Cc4ccc(Cl)cc4)CC3)nc2)cc1OC.Cl. The fraction of sp³-hybridized carbons (Fsp3) is 0.433. The van der Waals surface area contributed by atoms with Crippen LogP contribution in [0.15, 0.2) is 60.0 Å². The Labute approximate surface area is 251 Å². The summed E-state index contributed by atoms with van der Waals surface area (Å²) in [5, 5.41) is 4.63. The second-order valence-electron chi connectivity index (χ2n) is 10.2. The Kier molecular flexibility index (Phi) is 11.0. The van der Waals surface area contributed by atoms with Gasteiger partial charge in [-0.25, -0.2) is 9.97 Å². The van der Waals surface area contributed by atoms with E-state index in [2.05, 4.69) is 32.3 Å². The summed E-state index contributed by atoms with van der Waals surface area (Å²) in [6.45, 7) is 2.20. The molecule has 2 aromatic carbocycles.